The zero-order chi connectivity index (χ0) is 14.7. The maximum absolute atomic E-state index is 12.0. The van der Waals surface area contributed by atoms with Crippen LogP contribution in [0.4, 0.5) is 0 Å². The summed E-state index contributed by atoms with van der Waals surface area (Å²) in [6, 6.07) is 6.38. The molecule has 1 aromatic heterocycles. The third-order valence-corrected chi connectivity index (χ3v) is 4.00. The summed E-state index contributed by atoms with van der Waals surface area (Å²) in [7, 11) is 3.52. The minimum absolute atomic E-state index is 0.0247. The van der Waals surface area contributed by atoms with E-state index >= 15 is 0 Å². The maximum atomic E-state index is 12.0. The van der Waals surface area contributed by atoms with Gasteiger partial charge in [-0.3, -0.25) is 4.79 Å². The van der Waals surface area contributed by atoms with Crippen molar-refractivity contribution in [3.63, 3.8) is 0 Å². The van der Waals surface area contributed by atoms with Crippen molar-refractivity contribution >= 4 is 5.91 Å². The molecule has 1 aliphatic rings. The molecule has 2 heterocycles. The Kier molecular flexibility index (Phi) is 4.76. The number of carbonyl (C=O) groups excluding carboxylic acids is 1. The quantitative estimate of drug-likeness (QED) is 0.850. The number of hydrogen-bond donors (Lipinski definition) is 0. The lowest BCUT2D eigenvalue weighted by atomic mass is 9.93. The van der Waals surface area contributed by atoms with Crippen molar-refractivity contribution in [2.45, 2.75) is 38.6 Å². The van der Waals surface area contributed by atoms with Crippen LogP contribution in [0.25, 0.3) is 0 Å². The molecule has 2 rings (SSSR count). The van der Waals surface area contributed by atoms with Crippen molar-refractivity contribution in [2.75, 3.05) is 27.2 Å². The first kappa shape index (κ1) is 15.0. The maximum Gasteiger partial charge on any atom is 0.271 e. The first-order valence-corrected chi connectivity index (χ1v) is 7.41. The van der Waals surface area contributed by atoms with Gasteiger partial charge in [0.1, 0.15) is 5.69 Å². The number of piperidine rings is 1. The van der Waals surface area contributed by atoms with Gasteiger partial charge in [0.15, 0.2) is 0 Å². The molecule has 1 aliphatic heterocycles. The van der Waals surface area contributed by atoms with E-state index in [1.54, 1.807) is 25.1 Å². The van der Waals surface area contributed by atoms with Gasteiger partial charge in [-0.15, -0.1) is 0 Å². The third kappa shape index (κ3) is 3.37. The van der Waals surface area contributed by atoms with Crippen molar-refractivity contribution < 1.29 is 4.79 Å². The number of hydrogen-bond acceptors (Lipinski definition) is 3. The molecule has 0 aromatic carbocycles. The van der Waals surface area contributed by atoms with Crippen molar-refractivity contribution in [1.29, 1.82) is 0 Å². The van der Waals surface area contributed by atoms with Gasteiger partial charge in [-0.05, 0) is 45.4 Å². The van der Waals surface area contributed by atoms with E-state index in [2.05, 4.69) is 29.8 Å². The Labute approximate surface area is 121 Å². The highest BCUT2D eigenvalue weighted by molar-refractivity contribution is 5.91. The number of pyridine rings is 1. The average Bonchev–Trinajstić information content (AvgIpc) is 2.46. The van der Waals surface area contributed by atoms with Crippen LogP contribution in [0.1, 0.15) is 48.8 Å². The molecule has 4 heteroatoms. The van der Waals surface area contributed by atoms with Crippen molar-refractivity contribution in [3.8, 4) is 0 Å². The SMILES string of the molecule is CC(C)N1CCCC(c2cccc(C(=O)N(C)C)n2)C1. The normalized spacial score (nSPS) is 20.1. The van der Waals surface area contributed by atoms with Crippen LogP contribution in [0.2, 0.25) is 0 Å². The van der Waals surface area contributed by atoms with Crippen molar-refractivity contribution in [2.24, 2.45) is 0 Å². The van der Waals surface area contributed by atoms with Gasteiger partial charge in [-0.25, -0.2) is 4.98 Å². The van der Waals surface area contributed by atoms with Gasteiger partial charge < -0.3 is 9.80 Å². The van der Waals surface area contributed by atoms with E-state index in [0.717, 1.165) is 18.7 Å². The molecule has 0 bridgehead atoms. The van der Waals surface area contributed by atoms with Crippen molar-refractivity contribution in [1.82, 2.24) is 14.8 Å². The van der Waals surface area contributed by atoms with Gasteiger partial charge in [-0.1, -0.05) is 6.07 Å². The summed E-state index contributed by atoms with van der Waals surface area (Å²) in [6.45, 7) is 6.69. The molecule has 1 atom stereocenters. The minimum Gasteiger partial charge on any atom is -0.343 e. The highest BCUT2D eigenvalue weighted by Crippen LogP contribution is 2.26. The molecule has 1 aromatic rings. The molecule has 4 nitrogen and oxygen atoms in total. The summed E-state index contributed by atoms with van der Waals surface area (Å²) < 4.78 is 0. The standard InChI is InChI=1S/C16H25N3O/c1-12(2)19-10-6-7-13(11-19)14-8-5-9-15(17-14)16(20)18(3)4/h5,8-9,12-13H,6-7,10-11H2,1-4H3. The van der Waals surface area contributed by atoms with Gasteiger partial charge in [0.25, 0.3) is 5.91 Å². The number of aromatic nitrogens is 1. The van der Waals surface area contributed by atoms with E-state index in [4.69, 9.17) is 0 Å². The van der Waals surface area contributed by atoms with Crippen LogP contribution >= 0.6 is 0 Å². The largest absolute Gasteiger partial charge is 0.343 e. The molecule has 0 spiro atoms. The van der Waals surface area contributed by atoms with E-state index in [1.807, 2.05) is 6.07 Å². The lowest BCUT2D eigenvalue weighted by Crippen LogP contribution is -2.39. The molecule has 0 aliphatic carbocycles. The molecular formula is C16H25N3O. The van der Waals surface area contributed by atoms with Crippen LogP contribution in [-0.2, 0) is 0 Å². The van der Waals surface area contributed by atoms with Crippen LogP contribution in [0.15, 0.2) is 18.2 Å². The Balaban J connectivity index is 2.16. The van der Waals surface area contributed by atoms with Crippen molar-refractivity contribution in [3.05, 3.63) is 29.6 Å². The Morgan fingerprint density at radius 3 is 2.80 bits per heavy atom. The summed E-state index contributed by atoms with van der Waals surface area (Å²) in [5.74, 6) is 0.421. The van der Waals surface area contributed by atoms with Crippen LogP contribution < -0.4 is 0 Å². The molecule has 0 saturated carbocycles. The average molecular weight is 275 g/mol. The number of rotatable bonds is 3. The smallest absolute Gasteiger partial charge is 0.271 e. The molecule has 1 saturated heterocycles. The monoisotopic (exact) mass is 275 g/mol. The first-order chi connectivity index (χ1) is 9.49. The molecule has 1 amide bonds. The van der Waals surface area contributed by atoms with E-state index in [9.17, 15) is 4.79 Å². The zero-order valence-corrected chi connectivity index (χ0v) is 13.0. The summed E-state index contributed by atoms with van der Waals surface area (Å²) in [6.07, 6.45) is 2.37. The van der Waals surface area contributed by atoms with E-state index in [-0.39, 0.29) is 5.91 Å². The van der Waals surface area contributed by atoms with Gasteiger partial charge in [0.2, 0.25) is 0 Å². The van der Waals surface area contributed by atoms with Gasteiger partial charge in [-0.2, -0.15) is 0 Å². The molecule has 1 fully saturated rings. The summed E-state index contributed by atoms with van der Waals surface area (Å²) in [5, 5.41) is 0. The van der Waals surface area contributed by atoms with Gasteiger partial charge in [0, 0.05) is 38.3 Å². The zero-order valence-electron chi connectivity index (χ0n) is 13.0. The third-order valence-electron chi connectivity index (χ3n) is 4.00. The van der Waals surface area contributed by atoms with Crippen LogP contribution in [0.3, 0.4) is 0 Å². The second kappa shape index (κ2) is 6.35. The fraction of sp³-hybridized carbons (Fsp3) is 0.625. The van der Waals surface area contributed by atoms with E-state index in [1.165, 1.54) is 13.0 Å². The van der Waals surface area contributed by atoms with Gasteiger partial charge in [0.05, 0.1) is 0 Å². The molecule has 0 radical (unpaired) electrons. The molecular weight excluding hydrogens is 250 g/mol. The van der Waals surface area contributed by atoms with Crippen LogP contribution in [0.5, 0.6) is 0 Å². The summed E-state index contributed by atoms with van der Waals surface area (Å²) >= 11 is 0. The lowest BCUT2D eigenvalue weighted by Gasteiger charge is -2.35. The second-order valence-electron chi connectivity index (χ2n) is 6.08. The predicted molar refractivity (Wildman–Crippen MR) is 80.9 cm³/mol. The molecule has 0 N–H and O–H groups in total. The second-order valence-corrected chi connectivity index (χ2v) is 6.08. The minimum atomic E-state index is -0.0247. The molecule has 1 unspecified atom stereocenters. The topological polar surface area (TPSA) is 36.4 Å². The molecule has 110 valence electrons. The highest BCUT2D eigenvalue weighted by atomic mass is 16.2. The summed E-state index contributed by atoms with van der Waals surface area (Å²) in [5.41, 5.74) is 1.61. The fourth-order valence-electron chi connectivity index (χ4n) is 2.74. The Hall–Kier alpha value is -1.42. The number of carbonyl (C=O) groups is 1. The van der Waals surface area contributed by atoms with E-state index in [0.29, 0.717) is 17.7 Å². The Morgan fingerprint density at radius 2 is 2.15 bits per heavy atom. The lowest BCUT2D eigenvalue weighted by molar-refractivity contribution is 0.0821. The predicted octanol–water partition coefficient (Wildman–Crippen LogP) is 2.37. The number of nitrogens with zero attached hydrogens (tertiary/aromatic N) is 3. The van der Waals surface area contributed by atoms with E-state index < -0.39 is 0 Å². The fourth-order valence-corrected chi connectivity index (χ4v) is 2.74. The number of amides is 1. The first-order valence-electron chi connectivity index (χ1n) is 7.41. The van der Waals surface area contributed by atoms with Crippen LogP contribution in [-0.4, -0.2) is 53.9 Å². The highest BCUT2D eigenvalue weighted by Gasteiger charge is 2.24. The molecule has 20 heavy (non-hydrogen) atoms. The van der Waals surface area contributed by atoms with Gasteiger partial charge >= 0.3 is 0 Å². The Bertz CT molecular complexity index is 471. The number of likely N-dealkylation sites (tertiary alicyclic amines) is 1. The van der Waals surface area contributed by atoms with Crippen LogP contribution in [0, 0.1) is 0 Å². The summed E-state index contributed by atoms with van der Waals surface area (Å²) in [4.78, 5) is 20.7. The Morgan fingerprint density at radius 1 is 1.40 bits per heavy atom.